The molecule has 24 heavy (non-hydrogen) atoms. The Balaban J connectivity index is 1.60. The van der Waals surface area contributed by atoms with Gasteiger partial charge in [-0.2, -0.15) is 5.32 Å². The maximum Gasteiger partial charge on any atom is 0.412 e. The fourth-order valence-corrected chi connectivity index (χ4v) is 2.05. The molecule has 0 unspecified atom stereocenters. The maximum absolute atomic E-state index is 12.0. The Hall–Kier alpha value is -3.41. The first kappa shape index (κ1) is 15.5. The van der Waals surface area contributed by atoms with Gasteiger partial charge in [0.15, 0.2) is 5.84 Å². The number of hydrogen-bond acceptors (Lipinski definition) is 4. The third kappa shape index (κ3) is 3.86. The molecule has 2 aromatic rings. The van der Waals surface area contributed by atoms with Crippen molar-refractivity contribution in [3.05, 3.63) is 83.7 Å². The molecule has 0 bridgehead atoms. The largest absolute Gasteiger partial charge is 0.444 e. The molecule has 1 N–H and O–H groups in total. The van der Waals surface area contributed by atoms with E-state index in [2.05, 4.69) is 15.6 Å². The summed E-state index contributed by atoms with van der Waals surface area (Å²) in [7, 11) is 0. The van der Waals surface area contributed by atoms with Crippen LogP contribution >= 0.6 is 0 Å². The van der Waals surface area contributed by atoms with Gasteiger partial charge in [-0.25, -0.2) is 9.79 Å². The minimum atomic E-state index is -0.730. The predicted molar refractivity (Wildman–Crippen MR) is 88.0 cm³/mol. The Morgan fingerprint density at radius 1 is 1.00 bits per heavy atom. The van der Waals surface area contributed by atoms with E-state index < -0.39 is 12.0 Å². The summed E-state index contributed by atoms with van der Waals surface area (Å²) in [5, 5.41) is 6.24. The highest BCUT2D eigenvalue weighted by atomic mass is 16.5. The second-order valence-electron chi connectivity index (χ2n) is 4.97. The van der Waals surface area contributed by atoms with Crippen molar-refractivity contribution in [1.29, 1.82) is 0 Å². The van der Waals surface area contributed by atoms with Crippen LogP contribution in [-0.2, 0) is 16.1 Å². The van der Waals surface area contributed by atoms with Crippen molar-refractivity contribution in [3.63, 3.8) is 0 Å². The number of nitrogens with one attached hydrogen (secondary N) is 1. The topological polar surface area (TPSA) is 81.9 Å². The molecule has 1 aliphatic heterocycles. The summed E-state index contributed by atoms with van der Waals surface area (Å²) in [6.07, 6.45) is 0.550. The van der Waals surface area contributed by atoms with Gasteiger partial charge in [0.05, 0.1) is 6.20 Å². The number of amidine groups is 1. The Kier molecular flexibility index (Phi) is 4.67. The second kappa shape index (κ2) is 7.23. The van der Waals surface area contributed by atoms with E-state index in [0.29, 0.717) is 5.84 Å². The van der Waals surface area contributed by atoms with Crippen molar-refractivity contribution in [2.45, 2.75) is 6.61 Å². The van der Waals surface area contributed by atoms with E-state index in [-0.39, 0.29) is 12.3 Å². The van der Waals surface area contributed by atoms with E-state index in [1.807, 2.05) is 48.5 Å². The van der Waals surface area contributed by atoms with Gasteiger partial charge in [-0.05, 0) is 5.56 Å². The molecular formula is C18H14N3O3. The van der Waals surface area contributed by atoms with Gasteiger partial charge in [-0.3, -0.25) is 10.1 Å². The number of nitrogens with zero attached hydrogens (tertiary/aromatic N) is 2. The molecule has 0 aliphatic carbocycles. The first-order valence-corrected chi connectivity index (χ1v) is 7.29. The normalized spacial score (nSPS) is 13.4. The van der Waals surface area contributed by atoms with Crippen molar-refractivity contribution < 1.29 is 14.3 Å². The first-order chi connectivity index (χ1) is 11.7. The van der Waals surface area contributed by atoms with Gasteiger partial charge in [0.25, 0.3) is 5.91 Å². The van der Waals surface area contributed by atoms with Crippen LogP contribution in [-0.4, -0.2) is 17.8 Å². The molecule has 2 aromatic carbocycles. The fourth-order valence-electron chi connectivity index (χ4n) is 2.05. The lowest BCUT2D eigenvalue weighted by Crippen LogP contribution is -2.36. The summed E-state index contributed by atoms with van der Waals surface area (Å²) < 4.78 is 5.06. The molecule has 2 amide bonds. The van der Waals surface area contributed by atoms with Crippen LogP contribution in [0, 0.1) is 0 Å². The minimum Gasteiger partial charge on any atom is -0.444 e. The molecule has 119 valence electrons. The van der Waals surface area contributed by atoms with Crippen molar-refractivity contribution >= 4 is 17.8 Å². The van der Waals surface area contributed by atoms with E-state index in [1.54, 1.807) is 12.1 Å². The molecule has 0 atom stereocenters. The third-order valence-electron chi connectivity index (χ3n) is 3.24. The number of carbonyl (C=O) groups is 2. The smallest absolute Gasteiger partial charge is 0.412 e. The van der Waals surface area contributed by atoms with Gasteiger partial charge in [0.2, 0.25) is 0 Å². The van der Waals surface area contributed by atoms with Crippen molar-refractivity contribution in [2.24, 2.45) is 4.99 Å². The summed E-state index contributed by atoms with van der Waals surface area (Å²) in [6, 6.07) is 18.4. The lowest BCUT2D eigenvalue weighted by atomic mass is 10.2. The molecular weight excluding hydrogens is 306 g/mol. The van der Waals surface area contributed by atoms with Crippen molar-refractivity contribution in [3.8, 4) is 0 Å². The van der Waals surface area contributed by atoms with Crippen LogP contribution in [0.15, 0.2) is 77.6 Å². The Morgan fingerprint density at radius 2 is 1.67 bits per heavy atom. The summed E-state index contributed by atoms with van der Waals surface area (Å²) in [5.41, 5.74) is 1.56. The molecule has 0 fully saturated rings. The summed E-state index contributed by atoms with van der Waals surface area (Å²) in [4.78, 5) is 27.9. The summed E-state index contributed by atoms with van der Waals surface area (Å²) >= 11 is 0. The fraction of sp³-hybridized carbons (Fsp3) is 0.0556. The van der Waals surface area contributed by atoms with E-state index in [4.69, 9.17) is 4.74 Å². The quantitative estimate of drug-likeness (QED) is 0.938. The Bertz CT molecular complexity index is 799. The van der Waals surface area contributed by atoms with E-state index in [0.717, 1.165) is 11.1 Å². The lowest BCUT2D eigenvalue weighted by molar-refractivity contribution is -0.116. The third-order valence-corrected chi connectivity index (χ3v) is 3.24. The Labute approximate surface area is 138 Å². The number of amides is 2. The molecule has 0 saturated heterocycles. The summed E-state index contributed by atoms with van der Waals surface area (Å²) in [6.45, 7) is 0.115. The number of hydrogen-bond donors (Lipinski definition) is 1. The number of carbonyl (C=O) groups excluding carboxylic acids is 2. The van der Waals surface area contributed by atoms with Gasteiger partial charge in [-0.15, -0.1) is 0 Å². The van der Waals surface area contributed by atoms with Crippen LogP contribution in [0.5, 0.6) is 0 Å². The molecule has 0 aromatic heterocycles. The average Bonchev–Trinajstić information content (AvgIpc) is 2.63. The highest BCUT2D eigenvalue weighted by molar-refractivity contribution is 6.14. The van der Waals surface area contributed by atoms with Crippen LogP contribution in [0.2, 0.25) is 0 Å². The van der Waals surface area contributed by atoms with Crippen LogP contribution in [0.25, 0.3) is 0 Å². The number of benzene rings is 2. The molecule has 1 heterocycles. The zero-order valence-electron chi connectivity index (χ0n) is 12.7. The number of aliphatic imine (C=N–C) groups is 1. The molecule has 0 saturated carbocycles. The van der Waals surface area contributed by atoms with Gasteiger partial charge in [0, 0.05) is 5.56 Å². The average molecular weight is 320 g/mol. The zero-order chi connectivity index (χ0) is 16.8. The predicted octanol–water partition coefficient (Wildman–Crippen LogP) is 2.35. The standard InChI is InChI=1S/C18H14N3O3/c22-17-15(11-19-16(21-17)14-9-5-2-6-10-14)20-18(23)24-12-13-7-3-1-4-8-13/h1-11H,12H2,(H,20,23). The summed E-state index contributed by atoms with van der Waals surface area (Å²) in [5.74, 6) is -0.260. The van der Waals surface area contributed by atoms with Crippen LogP contribution in [0.4, 0.5) is 4.79 Å². The van der Waals surface area contributed by atoms with Gasteiger partial charge >= 0.3 is 6.09 Å². The molecule has 3 rings (SSSR count). The first-order valence-electron chi connectivity index (χ1n) is 7.29. The number of ether oxygens (including phenoxy) is 1. The number of alkyl carbamates (subject to hydrolysis) is 1. The molecule has 1 aliphatic rings. The molecule has 6 heteroatoms. The maximum atomic E-state index is 12.0. The SMILES string of the molecule is O=C(NC1=CN=C(c2ccccc2)[N]C1=O)OCc1ccccc1. The lowest BCUT2D eigenvalue weighted by Gasteiger charge is -2.13. The van der Waals surface area contributed by atoms with E-state index in [9.17, 15) is 9.59 Å². The van der Waals surface area contributed by atoms with Gasteiger partial charge in [-0.1, -0.05) is 60.7 Å². The number of rotatable bonds is 4. The van der Waals surface area contributed by atoms with Crippen LogP contribution in [0.1, 0.15) is 11.1 Å². The minimum absolute atomic E-state index is 0.0206. The highest BCUT2D eigenvalue weighted by Crippen LogP contribution is 2.08. The Morgan fingerprint density at radius 3 is 2.33 bits per heavy atom. The van der Waals surface area contributed by atoms with Crippen molar-refractivity contribution in [1.82, 2.24) is 10.6 Å². The second-order valence-corrected chi connectivity index (χ2v) is 4.97. The molecule has 0 spiro atoms. The van der Waals surface area contributed by atoms with Gasteiger partial charge < -0.3 is 4.74 Å². The highest BCUT2D eigenvalue weighted by Gasteiger charge is 2.21. The van der Waals surface area contributed by atoms with E-state index in [1.165, 1.54) is 6.20 Å². The van der Waals surface area contributed by atoms with E-state index >= 15 is 0 Å². The van der Waals surface area contributed by atoms with Crippen LogP contribution in [0.3, 0.4) is 0 Å². The van der Waals surface area contributed by atoms with Crippen LogP contribution < -0.4 is 10.6 Å². The van der Waals surface area contributed by atoms with Gasteiger partial charge in [0.1, 0.15) is 12.3 Å². The van der Waals surface area contributed by atoms with Crippen molar-refractivity contribution in [2.75, 3.05) is 0 Å². The monoisotopic (exact) mass is 320 g/mol. The zero-order valence-corrected chi connectivity index (χ0v) is 12.7. The molecule has 6 nitrogen and oxygen atoms in total. The molecule has 1 radical (unpaired) electrons.